The summed E-state index contributed by atoms with van der Waals surface area (Å²) in [5.74, 6) is -1.50. The molecule has 0 saturated carbocycles. The highest BCUT2D eigenvalue weighted by Crippen LogP contribution is 2.55. The van der Waals surface area contributed by atoms with Crippen LogP contribution < -0.4 is 0 Å². The lowest BCUT2D eigenvalue weighted by molar-refractivity contribution is -0.138. The monoisotopic (exact) mass is 506 g/mol. The fourth-order valence-corrected chi connectivity index (χ4v) is 5.82. The molecule has 0 aromatic heterocycles. The molecule has 202 valence electrons. The maximum atomic E-state index is 11.3. The highest BCUT2D eigenvalue weighted by Gasteiger charge is 2.43. The molecular weight excluding hydrogens is 460 g/mol. The van der Waals surface area contributed by atoms with Gasteiger partial charge in [-0.15, -0.1) is 0 Å². The van der Waals surface area contributed by atoms with Crippen LogP contribution in [0.3, 0.4) is 0 Å². The first-order valence-corrected chi connectivity index (χ1v) is 14.1. The van der Waals surface area contributed by atoms with Crippen molar-refractivity contribution in [3.63, 3.8) is 0 Å². The van der Waals surface area contributed by atoms with E-state index in [0.717, 1.165) is 38.5 Å². The zero-order valence-electron chi connectivity index (χ0n) is 23.7. The molecule has 2 aromatic rings. The van der Waals surface area contributed by atoms with Crippen molar-refractivity contribution in [1.29, 1.82) is 0 Å². The van der Waals surface area contributed by atoms with E-state index in [1.165, 1.54) is 33.4 Å². The Bertz CT molecular complexity index is 1040. The molecule has 1 aliphatic carbocycles. The number of fused-ring (bicyclic) bond motifs is 3. The van der Waals surface area contributed by atoms with Crippen molar-refractivity contribution in [2.45, 2.75) is 122 Å². The number of benzene rings is 2. The van der Waals surface area contributed by atoms with Crippen LogP contribution in [0.2, 0.25) is 0 Å². The minimum Gasteiger partial charge on any atom is -0.481 e. The fourth-order valence-electron chi connectivity index (χ4n) is 5.82. The van der Waals surface area contributed by atoms with Crippen molar-refractivity contribution < 1.29 is 19.8 Å². The first-order valence-electron chi connectivity index (χ1n) is 14.1. The minimum atomic E-state index is -0.748. The molecule has 0 radical (unpaired) electrons. The molecule has 4 nitrogen and oxygen atoms in total. The van der Waals surface area contributed by atoms with Crippen LogP contribution in [0, 0.1) is 0 Å². The Morgan fingerprint density at radius 1 is 0.676 bits per heavy atom. The molecule has 0 heterocycles. The second-order valence-electron chi connectivity index (χ2n) is 12.3. The molecule has 37 heavy (non-hydrogen) atoms. The van der Waals surface area contributed by atoms with Crippen molar-refractivity contribution in [3.8, 4) is 11.1 Å². The van der Waals surface area contributed by atoms with E-state index in [-0.39, 0.29) is 29.1 Å². The lowest BCUT2D eigenvalue weighted by atomic mass is 9.68. The van der Waals surface area contributed by atoms with E-state index in [4.69, 9.17) is 0 Å². The van der Waals surface area contributed by atoms with E-state index in [9.17, 15) is 19.8 Å². The molecule has 1 aliphatic rings. The van der Waals surface area contributed by atoms with Gasteiger partial charge < -0.3 is 10.2 Å². The van der Waals surface area contributed by atoms with Crippen LogP contribution >= 0.6 is 0 Å². The highest BCUT2D eigenvalue weighted by molar-refractivity contribution is 5.82. The Balaban J connectivity index is 2.19. The standard InChI is InChI=1S/C33H46O4/c1-7-31(3,4)23-15-17-25-26-18-16-24(32(5,6)8-2)22-28(26)33(27(25)21-23,19-11-9-13-29(34)35)20-12-10-14-30(36)37/h15-18,21-22H,7-14,19-20H2,1-6H3,(H,34,35)(H,36,37). The van der Waals surface area contributed by atoms with Crippen LogP contribution in [-0.4, -0.2) is 22.2 Å². The van der Waals surface area contributed by atoms with E-state index < -0.39 is 11.9 Å². The molecular formula is C33H46O4. The Morgan fingerprint density at radius 2 is 1.05 bits per heavy atom. The van der Waals surface area contributed by atoms with Crippen molar-refractivity contribution in [3.05, 3.63) is 58.7 Å². The van der Waals surface area contributed by atoms with Gasteiger partial charge >= 0.3 is 11.9 Å². The van der Waals surface area contributed by atoms with Crippen LogP contribution in [0.1, 0.15) is 128 Å². The molecule has 0 unspecified atom stereocenters. The molecule has 2 N–H and O–H groups in total. The van der Waals surface area contributed by atoms with E-state index in [2.05, 4.69) is 77.9 Å². The van der Waals surface area contributed by atoms with Gasteiger partial charge in [-0.3, -0.25) is 9.59 Å². The molecule has 0 fully saturated rings. The summed E-state index contributed by atoms with van der Waals surface area (Å²) in [4.78, 5) is 22.5. The Morgan fingerprint density at radius 3 is 1.38 bits per heavy atom. The molecule has 0 saturated heterocycles. The average molecular weight is 507 g/mol. The predicted molar refractivity (Wildman–Crippen MR) is 151 cm³/mol. The number of hydrogen-bond acceptors (Lipinski definition) is 2. The molecule has 0 atom stereocenters. The van der Waals surface area contributed by atoms with Gasteiger partial charge in [-0.1, -0.05) is 90.8 Å². The van der Waals surface area contributed by atoms with Crippen LogP contribution in [0.15, 0.2) is 36.4 Å². The fraction of sp³-hybridized carbons (Fsp3) is 0.576. The number of carboxylic acids is 2. The van der Waals surface area contributed by atoms with Gasteiger partial charge in [-0.05, 0) is 82.7 Å². The third-order valence-corrected chi connectivity index (χ3v) is 9.18. The smallest absolute Gasteiger partial charge is 0.303 e. The Hall–Kier alpha value is -2.62. The number of carbonyl (C=O) groups is 2. The average Bonchev–Trinajstić information content (AvgIpc) is 3.13. The summed E-state index contributed by atoms with van der Waals surface area (Å²) in [5.41, 5.74) is 7.78. The molecule has 3 rings (SSSR count). The lowest BCUT2D eigenvalue weighted by Crippen LogP contribution is -2.27. The summed E-state index contributed by atoms with van der Waals surface area (Å²) in [5, 5.41) is 18.5. The predicted octanol–water partition coefficient (Wildman–Crippen LogP) is 8.62. The number of carboxylic acid groups (broad SMARTS) is 2. The summed E-state index contributed by atoms with van der Waals surface area (Å²) in [7, 11) is 0. The van der Waals surface area contributed by atoms with Crippen molar-refractivity contribution >= 4 is 11.9 Å². The molecule has 2 aromatic carbocycles. The largest absolute Gasteiger partial charge is 0.481 e. The topological polar surface area (TPSA) is 74.6 Å². The second-order valence-corrected chi connectivity index (χ2v) is 12.3. The number of hydrogen-bond donors (Lipinski definition) is 2. The number of aliphatic carboxylic acids is 2. The van der Waals surface area contributed by atoms with Gasteiger partial charge in [-0.2, -0.15) is 0 Å². The Labute approximate surface area is 223 Å². The van der Waals surface area contributed by atoms with E-state index in [1.54, 1.807) is 0 Å². The SMILES string of the molecule is CCC(C)(C)c1ccc2c(c1)C(CCCCC(=O)O)(CCCCC(=O)O)c1cc(C(C)(C)CC)ccc1-2. The van der Waals surface area contributed by atoms with E-state index >= 15 is 0 Å². The van der Waals surface area contributed by atoms with E-state index in [0.29, 0.717) is 12.8 Å². The quantitative estimate of drug-likeness (QED) is 0.251. The van der Waals surface area contributed by atoms with Gasteiger partial charge in [0.1, 0.15) is 0 Å². The van der Waals surface area contributed by atoms with E-state index in [1.807, 2.05) is 0 Å². The molecule has 0 amide bonds. The minimum absolute atomic E-state index is 0.0531. The summed E-state index contributed by atoms with van der Waals surface area (Å²) in [6.07, 6.45) is 7.14. The number of unbranched alkanes of at least 4 members (excludes halogenated alkanes) is 2. The summed E-state index contributed by atoms with van der Waals surface area (Å²) in [6, 6.07) is 14.0. The van der Waals surface area contributed by atoms with Crippen LogP contribution in [0.25, 0.3) is 11.1 Å². The van der Waals surface area contributed by atoms with Gasteiger partial charge in [-0.25, -0.2) is 0 Å². The molecule has 0 spiro atoms. The molecule has 4 heteroatoms. The van der Waals surface area contributed by atoms with Gasteiger partial charge in [0.25, 0.3) is 0 Å². The Kier molecular flexibility index (Phi) is 8.93. The molecule has 0 bridgehead atoms. The summed E-state index contributed by atoms with van der Waals surface area (Å²) >= 11 is 0. The zero-order chi connectivity index (χ0) is 27.4. The normalized spacial score (nSPS) is 14.3. The van der Waals surface area contributed by atoms with Crippen LogP contribution in [0.4, 0.5) is 0 Å². The number of rotatable bonds is 14. The maximum absolute atomic E-state index is 11.3. The van der Waals surface area contributed by atoms with Crippen molar-refractivity contribution in [1.82, 2.24) is 0 Å². The van der Waals surface area contributed by atoms with Gasteiger partial charge in [0.2, 0.25) is 0 Å². The lowest BCUT2D eigenvalue weighted by Gasteiger charge is -2.35. The molecule has 0 aliphatic heterocycles. The highest BCUT2D eigenvalue weighted by atomic mass is 16.4. The van der Waals surface area contributed by atoms with Gasteiger partial charge in [0.15, 0.2) is 0 Å². The van der Waals surface area contributed by atoms with Crippen molar-refractivity contribution in [2.24, 2.45) is 0 Å². The summed E-state index contributed by atoms with van der Waals surface area (Å²) in [6.45, 7) is 13.6. The maximum Gasteiger partial charge on any atom is 0.303 e. The van der Waals surface area contributed by atoms with Gasteiger partial charge in [0, 0.05) is 18.3 Å². The zero-order valence-corrected chi connectivity index (χ0v) is 23.7. The van der Waals surface area contributed by atoms with Crippen molar-refractivity contribution in [2.75, 3.05) is 0 Å². The van der Waals surface area contributed by atoms with Crippen LogP contribution in [0.5, 0.6) is 0 Å². The first-order chi connectivity index (χ1) is 17.4. The summed E-state index contributed by atoms with van der Waals surface area (Å²) < 4.78 is 0. The van der Waals surface area contributed by atoms with Gasteiger partial charge in [0.05, 0.1) is 0 Å². The third-order valence-electron chi connectivity index (χ3n) is 9.18. The first kappa shape index (κ1) is 28.9. The van der Waals surface area contributed by atoms with Crippen LogP contribution in [-0.2, 0) is 25.8 Å². The third kappa shape index (κ3) is 6.10. The second kappa shape index (κ2) is 11.4.